The summed E-state index contributed by atoms with van der Waals surface area (Å²) in [6.07, 6.45) is 0.928. The van der Waals surface area contributed by atoms with Gasteiger partial charge in [-0.1, -0.05) is 97.1 Å². The Balaban J connectivity index is 1.65. The molecule has 4 aromatic carbocycles. The van der Waals surface area contributed by atoms with Crippen LogP contribution >= 0.6 is 7.92 Å². The number of nitrogens with one attached hydrogen (secondary N) is 1. The highest BCUT2D eigenvalue weighted by Crippen LogP contribution is 2.34. The van der Waals surface area contributed by atoms with Gasteiger partial charge in [0.1, 0.15) is 0 Å². The number of hydrogen-bond acceptors (Lipinski definition) is 1. The Labute approximate surface area is 150 Å². The fraction of sp³-hybridized carbons (Fsp3) is 0.0435. The summed E-state index contributed by atoms with van der Waals surface area (Å²) in [4.78, 5) is 0. The molecular formula is C23H20NP. The number of hydrogen-bond donors (Lipinski definition) is 1. The van der Waals surface area contributed by atoms with Gasteiger partial charge in [0.15, 0.2) is 0 Å². The van der Waals surface area contributed by atoms with Crippen LogP contribution in [-0.4, -0.2) is 6.29 Å². The Morgan fingerprint density at radius 3 is 1.80 bits per heavy atom. The molecule has 0 aliphatic rings. The third kappa shape index (κ3) is 3.57. The van der Waals surface area contributed by atoms with Gasteiger partial charge in [0.05, 0.1) is 0 Å². The van der Waals surface area contributed by atoms with E-state index in [4.69, 9.17) is 0 Å². The Kier molecular flexibility index (Phi) is 4.77. The normalized spacial score (nSPS) is 10.9. The molecule has 0 unspecified atom stereocenters. The van der Waals surface area contributed by atoms with E-state index in [-0.39, 0.29) is 0 Å². The fourth-order valence-electron chi connectivity index (χ4n) is 3.09. The van der Waals surface area contributed by atoms with Gasteiger partial charge in [-0.2, -0.15) is 0 Å². The van der Waals surface area contributed by atoms with E-state index in [2.05, 4.69) is 108 Å². The number of fused-ring (bicyclic) bond motifs is 1. The zero-order valence-electron chi connectivity index (χ0n) is 14.0. The van der Waals surface area contributed by atoms with Crippen LogP contribution < -0.4 is 15.9 Å². The van der Waals surface area contributed by atoms with E-state index in [1.165, 1.54) is 27.1 Å². The van der Waals surface area contributed by atoms with E-state index in [0.29, 0.717) is 0 Å². The van der Waals surface area contributed by atoms with Crippen molar-refractivity contribution in [2.45, 2.75) is 0 Å². The molecule has 0 fully saturated rings. The summed E-state index contributed by atoms with van der Waals surface area (Å²) in [6, 6.07) is 36.6. The Morgan fingerprint density at radius 2 is 1.12 bits per heavy atom. The van der Waals surface area contributed by atoms with Crippen LogP contribution in [0.4, 0.5) is 5.69 Å². The molecule has 0 radical (unpaired) electrons. The van der Waals surface area contributed by atoms with Gasteiger partial charge >= 0.3 is 0 Å². The van der Waals surface area contributed by atoms with Gasteiger partial charge in [0.25, 0.3) is 0 Å². The summed E-state index contributed by atoms with van der Waals surface area (Å²) in [5, 5.41) is 9.07. The first-order valence-electron chi connectivity index (χ1n) is 8.51. The molecule has 0 aliphatic carbocycles. The van der Waals surface area contributed by atoms with E-state index in [1.807, 2.05) is 0 Å². The molecule has 4 rings (SSSR count). The number of benzene rings is 4. The first-order valence-corrected chi connectivity index (χ1v) is 10.0. The number of rotatable bonds is 5. The van der Waals surface area contributed by atoms with Crippen molar-refractivity contribution in [2.24, 2.45) is 0 Å². The third-order valence-electron chi connectivity index (χ3n) is 4.35. The molecule has 1 N–H and O–H groups in total. The monoisotopic (exact) mass is 341 g/mol. The quantitative estimate of drug-likeness (QED) is 0.483. The average Bonchev–Trinajstić information content (AvgIpc) is 2.70. The minimum atomic E-state index is -0.441. The van der Waals surface area contributed by atoms with Gasteiger partial charge in [0.2, 0.25) is 0 Å². The van der Waals surface area contributed by atoms with E-state index in [1.54, 1.807) is 0 Å². The van der Waals surface area contributed by atoms with Gasteiger partial charge in [-0.25, -0.2) is 0 Å². The first kappa shape index (κ1) is 15.9. The van der Waals surface area contributed by atoms with Crippen molar-refractivity contribution < 1.29 is 0 Å². The second-order valence-electron chi connectivity index (χ2n) is 5.96. The van der Waals surface area contributed by atoms with E-state index >= 15 is 0 Å². The third-order valence-corrected chi connectivity index (χ3v) is 6.67. The van der Waals surface area contributed by atoms with Gasteiger partial charge in [-0.15, -0.1) is 0 Å². The number of anilines is 1. The van der Waals surface area contributed by atoms with E-state index in [0.717, 1.165) is 6.29 Å². The lowest BCUT2D eigenvalue weighted by Crippen LogP contribution is -2.17. The van der Waals surface area contributed by atoms with Gasteiger partial charge in [-0.3, -0.25) is 0 Å². The summed E-state index contributed by atoms with van der Waals surface area (Å²) < 4.78 is 0. The van der Waals surface area contributed by atoms with Crippen LogP contribution in [0.5, 0.6) is 0 Å². The minimum absolute atomic E-state index is 0.441. The smallest absolute Gasteiger partial charge is 0.0430 e. The molecule has 0 amide bonds. The molecule has 0 heterocycles. The summed E-state index contributed by atoms with van der Waals surface area (Å²) >= 11 is 0. The van der Waals surface area contributed by atoms with Crippen LogP contribution in [0.2, 0.25) is 0 Å². The predicted molar refractivity (Wildman–Crippen MR) is 112 cm³/mol. The zero-order chi connectivity index (χ0) is 16.9. The summed E-state index contributed by atoms with van der Waals surface area (Å²) in [5.74, 6) is 0. The minimum Gasteiger partial charge on any atom is -0.380 e. The largest absolute Gasteiger partial charge is 0.380 e. The van der Waals surface area contributed by atoms with Crippen LogP contribution in [0.25, 0.3) is 10.8 Å². The molecule has 0 spiro atoms. The molecule has 0 saturated carbocycles. The van der Waals surface area contributed by atoms with Gasteiger partial charge in [0, 0.05) is 17.4 Å². The topological polar surface area (TPSA) is 12.0 Å². The van der Waals surface area contributed by atoms with Gasteiger partial charge < -0.3 is 5.32 Å². The summed E-state index contributed by atoms with van der Waals surface area (Å²) in [5.41, 5.74) is 1.21. The molecule has 0 saturated heterocycles. The zero-order valence-corrected chi connectivity index (χ0v) is 14.9. The highest BCUT2D eigenvalue weighted by atomic mass is 31.1. The SMILES string of the molecule is c1ccc(P(CNc2cccc3ccccc23)c2ccccc2)cc1. The maximum absolute atomic E-state index is 3.71. The maximum atomic E-state index is 3.71. The van der Waals surface area contributed by atoms with E-state index < -0.39 is 7.92 Å². The average molecular weight is 341 g/mol. The Morgan fingerprint density at radius 1 is 0.560 bits per heavy atom. The van der Waals surface area contributed by atoms with Crippen molar-refractivity contribution in [3.63, 3.8) is 0 Å². The van der Waals surface area contributed by atoms with Crippen LogP contribution in [0.1, 0.15) is 0 Å². The lowest BCUT2D eigenvalue weighted by atomic mass is 10.1. The van der Waals surface area contributed by atoms with Crippen molar-refractivity contribution in [3.05, 3.63) is 103 Å². The van der Waals surface area contributed by atoms with Crippen LogP contribution in [0, 0.1) is 0 Å². The van der Waals surface area contributed by atoms with Gasteiger partial charge in [-0.05, 0) is 30.0 Å². The molecule has 0 aromatic heterocycles. The highest BCUT2D eigenvalue weighted by Gasteiger charge is 2.13. The fourth-order valence-corrected chi connectivity index (χ4v) is 5.15. The molecule has 25 heavy (non-hydrogen) atoms. The van der Waals surface area contributed by atoms with Crippen LogP contribution in [-0.2, 0) is 0 Å². The molecule has 0 bridgehead atoms. The Hall–Kier alpha value is -2.63. The highest BCUT2D eigenvalue weighted by molar-refractivity contribution is 7.73. The molecule has 2 heteroatoms. The van der Waals surface area contributed by atoms with Crippen molar-refractivity contribution in [3.8, 4) is 0 Å². The molecule has 1 nitrogen and oxygen atoms in total. The molecule has 0 atom stereocenters. The maximum Gasteiger partial charge on any atom is 0.0430 e. The first-order chi connectivity index (χ1) is 12.4. The van der Waals surface area contributed by atoms with Crippen LogP contribution in [0.3, 0.4) is 0 Å². The molecule has 122 valence electrons. The second kappa shape index (κ2) is 7.51. The van der Waals surface area contributed by atoms with E-state index in [9.17, 15) is 0 Å². The molecule has 4 aromatic rings. The molecule has 0 aliphatic heterocycles. The Bertz CT molecular complexity index is 906. The predicted octanol–water partition coefficient (Wildman–Crippen LogP) is 5.34. The second-order valence-corrected chi connectivity index (χ2v) is 8.17. The lowest BCUT2D eigenvalue weighted by Gasteiger charge is -2.20. The summed E-state index contributed by atoms with van der Waals surface area (Å²) in [6.45, 7) is 0. The van der Waals surface area contributed by atoms with Crippen molar-refractivity contribution in [2.75, 3.05) is 11.6 Å². The van der Waals surface area contributed by atoms with Crippen molar-refractivity contribution >= 4 is 35.0 Å². The van der Waals surface area contributed by atoms with Crippen molar-refractivity contribution in [1.82, 2.24) is 0 Å². The summed E-state index contributed by atoms with van der Waals surface area (Å²) in [7, 11) is -0.441. The lowest BCUT2D eigenvalue weighted by molar-refractivity contribution is 1.47. The standard InChI is InChI=1S/C23H20NP/c1-3-12-20(13-4-1)25(21-14-5-2-6-15-21)18-24-23-17-9-11-19-10-7-8-16-22(19)23/h1-17,24H,18H2. The van der Waals surface area contributed by atoms with Crippen LogP contribution in [0.15, 0.2) is 103 Å². The molecular weight excluding hydrogens is 321 g/mol. The van der Waals surface area contributed by atoms with Crippen molar-refractivity contribution in [1.29, 1.82) is 0 Å².